The average Bonchev–Trinajstić information content (AvgIpc) is 2.94. The first kappa shape index (κ1) is 24.0. The minimum absolute atomic E-state index is 0. The minimum Gasteiger partial charge on any atom is -0.366 e. The zero-order chi connectivity index (χ0) is 21.6. The van der Waals surface area contributed by atoms with Crippen LogP contribution in [0.4, 0.5) is 0 Å². The van der Waals surface area contributed by atoms with Gasteiger partial charge in [-0.1, -0.05) is 34.8 Å². The molecule has 0 saturated carbocycles. The molecule has 2 N–H and O–H groups in total. The molecule has 1 amide bonds. The number of benzene rings is 2. The number of rotatable bonds is 4. The quantitative estimate of drug-likeness (QED) is 0.564. The number of carbonyl (C=O) groups is 1. The van der Waals surface area contributed by atoms with Crippen LogP contribution in [0.1, 0.15) is 23.2 Å². The molecule has 6 nitrogen and oxygen atoms in total. The predicted molar refractivity (Wildman–Crippen MR) is 129 cm³/mol. The van der Waals surface area contributed by atoms with Crippen LogP contribution in [-0.2, 0) is 6.54 Å². The highest BCUT2D eigenvalue weighted by molar-refractivity contribution is 6.37. The second-order valence-electron chi connectivity index (χ2n) is 7.78. The lowest BCUT2D eigenvalue weighted by molar-refractivity contribution is 0.100. The van der Waals surface area contributed by atoms with Crippen molar-refractivity contribution < 1.29 is 4.79 Å². The molecule has 166 valence electrons. The third-order valence-electron chi connectivity index (χ3n) is 5.58. The fraction of sp³-hybridized carbons (Fsp3) is 0.333. The molecule has 3 aromatic rings. The Bertz CT molecular complexity index is 1200. The highest BCUT2D eigenvalue weighted by atomic mass is 35.5. The van der Waals surface area contributed by atoms with Crippen LogP contribution < -0.4 is 11.4 Å². The van der Waals surface area contributed by atoms with Gasteiger partial charge in [0.2, 0.25) is 5.91 Å². The Hall–Kier alpha value is -1.70. The Morgan fingerprint density at radius 2 is 1.90 bits per heavy atom. The van der Waals surface area contributed by atoms with Crippen molar-refractivity contribution in [2.45, 2.75) is 19.4 Å². The van der Waals surface area contributed by atoms with E-state index in [0.717, 1.165) is 25.9 Å². The van der Waals surface area contributed by atoms with E-state index in [9.17, 15) is 9.59 Å². The molecule has 1 unspecified atom stereocenters. The normalized spacial score (nSPS) is 17.0. The highest BCUT2D eigenvalue weighted by Crippen LogP contribution is 2.32. The number of imidazole rings is 1. The summed E-state index contributed by atoms with van der Waals surface area (Å²) in [5.41, 5.74) is 6.99. The van der Waals surface area contributed by atoms with E-state index in [-0.39, 0.29) is 28.7 Å². The van der Waals surface area contributed by atoms with Gasteiger partial charge in [0.25, 0.3) is 0 Å². The van der Waals surface area contributed by atoms with Crippen LogP contribution in [0.2, 0.25) is 15.1 Å². The smallest absolute Gasteiger partial charge is 0.333 e. The third-order valence-corrected chi connectivity index (χ3v) is 6.40. The first-order chi connectivity index (χ1) is 14.3. The summed E-state index contributed by atoms with van der Waals surface area (Å²) in [4.78, 5) is 27.6. The van der Waals surface area contributed by atoms with E-state index < -0.39 is 5.91 Å². The van der Waals surface area contributed by atoms with E-state index in [1.54, 1.807) is 28.8 Å². The highest BCUT2D eigenvalue weighted by Gasteiger charge is 2.24. The fourth-order valence-corrected chi connectivity index (χ4v) is 5.01. The first-order valence-electron chi connectivity index (χ1n) is 9.65. The third kappa shape index (κ3) is 4.59. The summed E-state index contributed by atoms with van der Waals surface area (Å²) in [5, 5.41) is 1.05. The number of halogens is 4. The number of piperidine rings is 1. The zero-order valence-electron chi connectivity index (χ0n) is 16.8. The van der Waals surface area contributed by atoms with E-state index >= 15 is 0 Å². The van der Waals surface area contributed by atoms with E-state index in [2.05, 4.69) is 11.9 Å². The second-order valence-corrected chi connectivity index (χ2v) is 9.04. The molecule has 0 bridgehead atoms. The molecule has 2 heterocycles. The molecule has 31 heavy (non-hydrogen) atoms. The van der Waals surface area contributed by atoms with E-state index in [4.69, 9.17) is 40.5 Å². The number of nitrogens with two attached hydrogens (primary N) is 1. The Labute approximate surface area is 200 Å². The van der Waals surface area contributed by atoms with Gasteiger partial charge in [0.1, 0.15) is 0 Å². The van der Waals surface area contributed by atoms with Crippen LogP contribution in [0, 0.1) is 5.92 Å². The summed E-state index contributed by atoms with van der Waals surface area (Å²) >= 11 is 19.0. The molecule has 0 radical (unpaired) electrons. The summed E-state index contributed by atoms with van der Waals surface area (Å²) in [5.74, 6) is -0.301. The lowest BCUT2D eigenvalue weighted by Gasteiger charge is -2.29. The summed E-state index contributed by atoms with van der Waals surface area (Å²) < 4.78 is 3.15. The topological polar surface area (TPSA) is 73.3 Å². The Kier molecular flexibility index (Phi) is 7.28. The molecule has 0 spiro atoms. The number of aromatic nitrogens is 2. The molecular formula is C21H22Cl4N4O2. The van der Waals surface area contributed by atoms with E-state index in [0.29, 0.717) is 39.2 Å². The molecule has 2 aromatic carbocycles. The monoisotopic (exact) mass is 502 g/mol. The van der Waals surface area contributed by atoms with Crippen molar-refractivity contribution in [3.8, 4) is 5.69 Å². The SMILES string of the molecule is CN1CCCC(Cn2c(=O)n(-c3ccc(Cl)cc3Cl)c3c(Cl)cc(C(N)=O)cc32)C1.Cl. The first-order valence-corrected chi connectivity index (χ1v) is 10.8. The Balaban J connectivity index is 0.00000272. The number of likely N-dealkylation sites (tertiary alicyclic amines) is 1. The zero-order valence-corrected chi connectivity index (χ0v) is 19.9. The van der Waals surface area contributed by atoms with Gasteiger partial charge in [-0.05, 0) is 62.7 Å². The van der Waals surface area contributed by atoms with Gasteiger partial charge in [0.05, 0.1) is 26.8 Å². The summed E-state index contributed by atoms with van der Waals surface area (Å²) in [6.07, 6.45) is 2.10. The maximum atomic E-state index is 13.6. The predicted octanol–water partition coefficient (Wildman–Crippen LogP) is 4.61. The summed E-state index contributed by atoms with van der Waals surface area (Å²) in [6.45, 7) is 2.45. The number of carbonyl (C=O) groups excluding carboxylic acids is 1. The maximum Gasteiger partial charge on any atom is 0.333 e. The minimum atomic E-state index is -0.604. The number of hydrogen-bond donors (Lipinski definition) is 1. The van der Waals surface area contributed by atoms with Crippen LogP contribution in [0.15, 0.2) is 35.1 Å². The second kappa shape index (κ2) is 9.43. The van der Waals surface area contributed by atoms with Crippen LogP contribution >= 0.6 is 47.2 Å². The number of nitrogens with zero attached hydrogens (tertiary/aromatic N) is 3. The van der Waals surface area contributed by atoms with Gasteiger partial charge in [0, 0.05) is 23.7 Å². The van der Waals surface area contributed by atoms with Crippen molar-refractivity contribution in [1.82, 2.24) is 14.0 Å². The van der Waals surface area contributed by atoms with Crippen LogP contribution in [0.3, 0.4) is 0 Å². The van der Waals surface area contributed by atoms with Crippen molar-refractivity contribution in [2.24, 2.45) is 11.7 Å². The lowest BCUT2D eigenvalue weighted by Crippen LogP contribution is -2.36. The van der Waals surface area contributed by atoms with Gasteiger partial charge in [-0.2, -0.15) is 0 Å². The molecule has 1 atom stereocenters. The van der Waals surface area contributed by atoms with Crippen LogP contribution in [-0.4, -0.2) is 40.1 Å². The van der Waals surface area contributed by atoms with E-state index in [1.807, 2.05) is 0 Å². The van der Waals surface area contributed by atoms with Crippen LogP contribution in [0.5, 0.6) is 0 Å². The van der Waals surface area contributed by atoms with E-state index in [1.165, 1.54) is 10.6 Å². The number of amides is 1. The molecule has 1 aliphatic rings. The molecular weight excluding hydrogens is 482 g/mol. The van der Waals surface area contributed by atoms with Crippen LogP contribution in [0.25, 0.3) is 16.7 Å². The van der Waals surface area contributed by atoms with Crippen molar-refractivity contribution in [1.29, 1.82) is 0 Å². The molecule has 1 saturated heterocycles. The molecule has 1 aromatic heterocycles. The molecule has 1 aliphatic heterocycles. The maximum absolute atomic E-state index is 13.6. The van der Waals surface area contributed by atoms with Gasteiger partial charge < -0.3 is 10.6 Å². The number of fused-ring (bicyclic) bond motifs is 1. The Morgan fingerprint density at radius 3 is 2.55 bits per heavy atom. The fourth-order valence-electron chi connectivity index (χ4n) is 4.22. The molecule has 0 aliphatic carbocycles. The molecule has 10 heteroatoms. The van der Waals surface area contributed by atoms with Gasteiger partial charge in [-0.3, -0.25) is 13.9 Å². The Morgan fingerprint density at radius 1 is 1.16 bits per heavy atom. The number of hydrogen-bond acceptors (Lipinski definition) is 3. The van der Waals surface area contributed by atoms with Crippen molar-refractivity contribution in [3.05, 3.63) is 61.4 Å². The number of primary amides is 1. The van der Waals surface area contributed by atoms with Crippen molar-refractivity contribution in [2.75, 3.05) is 20.1 Å². The molecule has 1 fully saturated rings. The standard InChI is InChI=1S/C21H21Cl3N4O2.ClH/c1-26-6-2-3-12(10-26)11-27-18-8-13(20(25)29)7-16(24)19(18)28(21(27)30)17-5-4-14(22)9-15(17)23;/h4-5,7-9,12H,2-3,6,10-11H2,1H3,(H2,25,29);1H. The van der Waals surface area contributed by atoms with Gasteiger partial charge in [0.15, 0.2) is 0 Å². The average molecular weight is 504 g/mol. The van der Waals surface area contributed by atoms with Gasteiger partial charge in [-0.25, -0.2) is 4.79 Å². The summed E-state index contributed by atoms with van der Waals surface area (Å²) in [6, 6.07) is 8.03. The summed E-state index contributed by atoms with van der Waals surface area (Å²) in [7, 11) is 2.08. The lowest BCUT2D eigenvalue weighted by atomic mass is 9.98. The van der Waals surface area contributed by atoms with Crippen molar-refractivity contribution >= 4 is 64.2 Å². The molecule has 4 rings (SSSR count). The van der Waals surface area contributed by atoms with Crippen molar-refractivity contribution in [3.63, 3.8) is 0 Å². The largest absolute Gasteiger partial charge is 0.366 e. The van der Waals surface area contributed by atoms with Gasteiger partial charge in [-0.15, -0.1) is 12.4 Å². The van der Waals surface area contributed by atoms with Gasteiger partial charge >= 0.3 is 5.69 Å².